The molecule has 1 aromatic carbocycles. The van der Waals surface area contributed by atoms with Gasteiger partial charge in [-0.25, -0.2) is 4.79 Å². The van der Waals surface area contributed by atoms with Gasteiger partial charge in [-0.2, -0.15) is 0 Å². The van der Waals surface area contributed by atoms with E-state index in [-0.39, 0.29) is 18.1 Å². The minimum Gasteiger partial charge on any atom is -0.462 e. The summed E-state index contributed by atoms with van der Waals surface area (Å²) < 4.78 is 5.83. The van der Waals surface area contributed by atoms with Crippen LogP contribution in [0.15, 0.2) is 42.6 Å². The van der Waals surface area contributed by atoms with Gasteiger partial charge in [0, 0.05) is 5.70 Å². The minimum absolute atomic E-state index is 0.0327. The number of benzene rings is 1. The Morgan fingerprint density at radius 2 is 1.68 bits per heavy atom. The number of urea groups is 1. The number of ether oxygens (including phenoxy) is 1. The van der Waals surface area contributed by atoms with Crippen molar-refractivity contribution in [2.24, 2.45) is 5.92 Å². The molecule has 0 aromatic heterocycles. The number of amides is 2. The van der Waals surface area contributed by atoms with E-state index in [9.17, 15) is 9.59 Å². The Balaban J connectivity index is 1.75. The molecule has 134 valence electrons. The molecule has 2 atom stereocenters. The van der Waals surface area contributed by atoms with Gasteiger partial charge in [-0.3, -0.25) is 4.79 Å². The van der Waals surface area contributed by atoms with E-state index in [0.29, 0.717) is 5.70 Å². The van der Waals surface area contributed by atoms with Gasteiger partial charge in [-0.15, -0.1) is 0 Å². The summed E-state index contributed by atoms with van der Waals surface area (Å²) in [4.78, 5) is 24.8. The summed E-state index contributed by atoms with van der Waals surface area (Å²) in [5, 5.41) is 5.47. The van der Waals surface area contributed by atoms with E-state index in [1.165, 1.54) is 19.3 Å². The summed E-state index contributed by atoms with van der Waals surface area (Å²) >= 11 is 0. The van der Waals surface area contributed by atoms with Crippen LogP contribution in [0.25, 0.3) is 0 Å². The average Bonchev–Trinajstić information content (AvgIpc) is 2.57. The molecule has 5 heteroatoms. The van der Waals surface area contributed by atoms with Crippen LogP contribution in [0.2, 0.25) is 0 Å². The molecule has 2 amide bonds. The predicted octanol–water partition coefficient (Wildman–Crippen LogP) is 3.83. The first-order valence-corrected chi connectivity index (χ1v) is 9.17. The second-order valence-electron chi connectivity index (χ2n) is 6.89. The van der Waals surface area contributed by atoms with E-state index in [4.69, 9.17) is 4.74 Å². The third-order valence-corrected chi connectivity index (χ3v) is 5.02. The van der Waals surface area contributed by atoms with Crippen LogP contribution >= 0.6 is 0 Å². The van der Waals surface area contributed by atoms with Gasteiger partial charge in [-0.05, 0) is 31.2 Å². The molecule has 5 nitrogen and oxygen atoms in total. The maximum atomic E-state index is 12.9. The Labute approximate surface area is 148 Å². The number of esters is 1. The zero-order valence-electron chi connectivity index (χ0n) is 14.5. The van der Waals surface area contributed by atoms with Gasteiger partial charge in [0.05, 0.1) is 6.04 Å². The van der Waals surface area contributed by atoms with Crippen LogP contribution in [0.1, 0.15) is 56.6 Å². The van der Waals surface area contributed by atoms with Crippen molar-refractivity contribution in [2.75, 3.05) is 0 Å². The molecular weight excluding hydrogens is 316 g/mol. The highest BCUT2D eigenvalue weighted by atomic mass is 16.5. The van der Waals surface area contributed by atoms with Crippen molar-refractivity contribution in [1.82, 2.24) is 10.6 Å². The highest BCUT2D eigenvalue weighted by molar-refractivity contribution is 5.85. The van der Waals surface area contributed by atoms with Gasteiger partial charge >= 0.3 is 12.0 Å². The minimum atomic E-state index is -0.620. The molecule has 25 heavy (non-hydrogen) atoms. The normalized spacial score (nSPS) is 25.3. The highest BCUT2D eigenvalue weighted by Gasteiger charge is 2.39. The third kappa shape index (κ3) is 4.41. The van der Waals surface area contributed by atoms with Crippen LogP contribution in [0.4, 0.5) is 4.79 Å². The predicted molar refractivity (Wildman–Crippen MR) is 95.7 cm³/mol. The van der Waals surface area contributed by atoms with Gasteiger partial charge in [-0.1, -0.05) is 56.2 Å². The van der Waals surface area contributed by atoms with Crippen molar-refractivity contribution in [3.8, 4) is 0 Å². The van der Waals surface area contributed by atoms with E-state index in [1.54, 1.807) is 0 Å². The van der Waals surface area contributed by atoms with E-state index < -0.39 is 12.0 Å². The lowest BCUT2D eigenvalue weighted by atomic mass is 9.89. The maximum Gasteiger partial charge on any atom is 0.319 e. The lowest BCUT2D eigenvalue weighted by Gasteiger charge is -2.34. The summed E-state index contributed by atoms with van der Waals surface area (Å²) in [6.45, 7) is 3.90. The van der Waals surface area contributed by atoms with Gasteiger partial charge in [0.1, 0.15) is 12.0 Å². The lowest BCUT2D eigenvalue weighted by Crippen LogP contribution is -2.51. The van der Waals surface area contributed by atoms with Crippen LogP contribution in [-0.4, -0.2) is 18.1 Å². The van der Waals surface area contributed by atoms with E-state index in [1.807, 2.05) is 30.3 Å². The Morgan fingerprint density at radius 3 is 2.36 bits per heavy atom. The zero-order chi connectivity index (χ0) is 17.6. The van der Waals surface area contributed by atoms with Crippen molar-refractivity contribution in [2.45, 2.75) is 57.1 Å². The molecule has 1 heterocycles. The quantitative estimate of drug-likeness (QED) is 0.821. The van der Waals surface area contributed by atoms with Gasteiger partial charge in [0.15, 0.2) is 0 Å². The van der Waals surface area contributed by atoms with Gasteiger partial charge in [0.25, 0.3) is 0 Å². The highest BCUT2D eigenvalue weighted by Crippen LogP contribution is 2.31. The number of rotatable bonds is 3. The van der Waals surface area contributed by atoms with Gasteiger partial charge < -0.3 is 15.4 Å². The summed E-state index contributed by atoms with van der Waals surface area (Å²) in [6.07, 6.45) is 7.67. The topological polar surface area (TPSA) is 67.4 Å². The van der Waals surface area contributed by atoms with Crippen LogP contribution in [-0.2, 0) is 9.53 Å². The molecule has 2 aliphatic rings. The maximum absolute atomic E-state index is 12.9. The third-order valence-electron chi connectivity index (χ3n) is 5.02. The summed E-state index contributed by atoms with van der Waals surface area (Å²) in [6, 6.07) is 8.70. The van der Waals surface area contributed by atoms with E-state index in [0.717, 1.165) is 31.2 Å². The molecule has 1 saturated carbocycles. The number of carbonyl (C=O) groups is 2. The Kier molecular flexibility index (Phi) is 5.74. The van der Waals surface area contributed by atoms with Crippen molar-refractivity contribution in [3.63, 3.8) is 0 Å². The molecule has 0 radical (unpaired) electrons. The fourth-order valence-electron chi connectivity index (χ4n) is 3.67. The monoisotopic (exact) mass is 342 g/mol. The Bertz CT molecular complexity index is 621. The molecule has 2 fully saturated rings. The van der Waals surface area contributed by atoms with Crippen LogP contribution in [0.3, 0.4) is 0 Å². The summed E-state index contributed by atoms with van der Waals surface area (Å²) in [5.74, 6) is -0.928. The van der Waals surface area contributed by atoms with Crippen LogP contribution < -0.4 is 10.6 Å². The SMILES string of the molecule is C=C1NC(=O)NC(c2ccccc2)C1C(=O)OC1CCCCCCC1. The largest absolute Gasteiger partial charge is 0.462 e. The molecule has 1 aliphatic heterocycles. The molecule has 3 rings (SSSR count). The number of carbonyl (C=O) groups excluding carboxylic acids is 2. The van der Waals surface area contributed by atoms with Crippen molar-refractivity contribution >= 4 is 12.0 Å². The summed E-state index contributed by atoms with van der Waals surface area (Å²) in [7, 11) is 0. The van der Waals surface area contributed by atoms with Crippen LogP contribution in [0.5, 0.6) is 0 Å². The first kappa shape index (κ1) is 17.5. The van der Waals surface area contributed by atoms with E-state index >= 15 is 0 Å². The Morgan fingerprint density at radius 1 is 1.04 bits per heavy atom. The number of nitrogens with one attached hydrogen (secondary N) is 2. The van der Waals surface area contributed by atoms with Gasteiger partial charge in [0.2, 0.25) is 0 Å². The standard InChI is InChI=1S/C20H26N2O3/c1-14-17(19(23)25-16-12-8-3-2-4-9-13-16)18(22-20(24)21-14)15-10-6-5-7-11-15/h5-7,10-11,16-18H,1-4,8-9,12-13H2,(H2,21,22,24). The fraction of sp³-hybridized carbons (Fsp3) is 0.500. The average molecular weight is 342 g/mol. The van der Waals surface area contributed by atoms with Crippen LogP contribution in [0, 0.1) is 5.92 Å². The zero-order valence-corrected chi connectivity index (χ0v) is 14.5. The molecule has 2 unspecified atom stereocenters. The van der Waals surface area contributed by atoms with Crippen molar-refractivity contribution in [1.29, 1.82) is 0 Å². The smallest absolute Gasteiger partial charge is 0.319 e. The van der Waals surface area contributed by atoms with Crippen molar-refractivity contribution in [3.05, 3.63) is 48.2 Å². The fourth-order valence-corrected chi connectivity index (χ4v) is 3.67. The second kappa shape index (κ2) is 8.19. The first-order chi connectivity index (χ1) is 12.1. The number of hydrogen-bond acceptors (Lipinski definition) is 3. The van der Waals surface area contributed by atoms with E-state index in [2.05, 4.69) is 17.2 Å². The lowest BCUT2D eigenvalue weighted by molar-refractivity contribution is -0.155. The Hall–Kier alpha value is -2.30. The first-order valence-electron chi connectivity index (χ1n) is 9.17. The molecule has 1 saturated heterocycles. The molecule has 2 N–H and O–H groups in total. The van der Waals surface area contributed by atoms with Crippen molar-refractivity contribution < 1.29 is 14.3 Å². The summed E-state index contributed by atoms with van der Waals surface area (Å²) in [5.41, 5.74) is 1.27. The molecule has 1 aromatic rings. The number of hydrogen-bond donors (Lipinski definition) is 2. The second-order valence-corrected chi connectivity index (χ2v) is 6.89. The molecule has 0 bridgehead atoms. The molecule has 1 aliphatic carbocycles. The molecular formula is C20H26N2O3. The molecule has 0 spiro atoms.